The fourth-order valence-electron chi connectivity index (χ4n) is 2.79. The number of nitrogens with two attached hydrogens (primary N) is 1. The van der Waals surface area contributed by atoms with Gasteiger partial charge in [-0.15, -0.1) is 0 Å². The van der Waals surface area contributed by atoms with E-state index in [1.165, 1.54) is 25.1 Å². The first kappa shape index (κ1) is 20.3. The Labute approximate surface area is 167 Å². The number of anilines is 1. The third-order valence-corrected chi connectivity index (χ3v) is 5.32. The minimum atomic E-state index is -3.74. The number of hydrogen-bond acceptors (Lipinski definition) is 7. The molecule has 3 rings (SSSR count). The average molecular weight is 417 g/mol. The molecule has 1 aromatic carbocycles. The molecule has 29 heavy (non-hydrogen) atoms. The van der Waals surface area contributed by atoms with Crippen LogP contribution < -0.4 is 15.2 Å². The molecule has 0 aliphatic carbocycles. The average Bonchev–Trinajstić information content (AvgIpc) is 2.98. The van der Waals surface area contributed by atoms with Gasteiger partial charge in [0.2, 0.25) is 5.78 Å². The zero-order chi connectivity index (χ0) is 21.3. The third kappa shape index (κ3) is 4.21. The Morgan fingerprint density at radius 2 is 1.93 bits per heavy atom. The van der Waals surface area contributed by atoms with Crippen molar-refractivity contribution in [3.8, 4) is 5.75 Å². The van der Waals surface area contributed by atoms with E-state index in [1.807, 2.05) is 0 Å². The van der Waals surface area contributed by atoms with Gasteiger partial charge in [0.05, 0.1) is 5.75 Å². The summed E-state index contributed by atoms with van der Waals surface area (Å²) in [6.45, 7) is 4.93. The van der Waals surface area contributed by atoms with Crippen molar-refractivity contribution in [3.63, 3.8) is 0 Å². The zero-order valence-electron chi connectivity index (χ0n) is 16.0. The molecule has 0 atom stereocenters. The summed E-state index contributed by atoms with van der Waals surface area (Å²) in [6.07, 6.45) is 0. The van der Waals surface area contributed by atoms with Crippen molar-refractivity contribution in [2.75, 3.05) is 11.1 Å². The number of urea groups is 1. The Kier molecular flexibility index (Phi) is 5.29. The van der Waals surface area contributed by atoms with E-state index in [-0.39, 0.29) is 28.5 Å². The lowest BCUT2D eigenvalue weighted by Crippen LogP contribution is -2.20. The van der Waals surface area contributed by atoms with Crippen LogP contribution in [-0.2, 0) is 10.1 Å². The van der Waals surface area contributed by atoms with E-state index >= 15 is 0 Å². The van der Waals surface area contributed by atoms with Crippen molar-refractivity contribution in [3.05, 3.63) is 53.0 Å². The van der Waals surface area contributed by atoms with Crippen molar-refractivity contribution in [1.29, 1.82) is 0 Å². The van der Waals surface area contributed by atoms with Gasteiger partial charge >= 0.3 is 16.1 Å². The second-order valence-corrected chi connectivity index (χ2v) is 8.16. The fraction of sp³-hybridized carbons (Fsp3) is 0.211. The summed E-state index contributed by atoms with van der Waals surface area (Å²) < 4.78 is 34.0. The molecule has 0 unspecified atom stereocenters. The Morgan fingerprint density at radius 1 is 1.21 bits per heavy atom. The molecule has 0 bridgehead atoms. The lowest BCUT2D eigenvalue weighted by Gasteiger charge is -2.06. The number of nitrogens with one attached hydrogen (secondary N) is 1. The van der Waals surface area contributed by atoms with Gasteiger partial charge in [0.1, 0.15) is 17.0 Å². The van der Waals surface area contributed by atoms with Crippen LogP contribution in [0.3, 0.4) is 0 Å². The van der Waals surface area contributed by atoms with Crippen LogP contribution in [0.5, 0.6) is 5.75 Å². The maximum absolute atomic E-state index is 13.1. The second-order valence-electron chi connectivity index (χ2n) is 6.30. The molecule has 3 aromatic rings. The standard InChI is InChI=1S/C19H19N3O6S/c1-4-29(25,26)28-12-6-8-14-15(9-12)27-18(16(14)22-19(20)24)17(23)13-7-5-10(2)21-11(13)3/h5-9H,4H2,1-3H3,(H3,20,22,24). The molecule has 0 aliphatic heterocycles. The minimum absolute atomic E-state index is 0.0194. The molecule has 0 aliphatic rings. The molecule has 0 radical (unpaired) electrons. The SMILES string of the molecule is CCS(=O)(=O)Oc1ccc2c(NC(N)=O)c(C(=O)c3ccc(C)nc3C)oc2c1. The third-order valence-electron chi connectivity index (χ3n) is 4.16. The van der Waals surface area contributed by atoms with Crippen LogP contribution in [0.15, 0.2) is 34.7 Å². The molecule has 0 saturated heterocycles. The monoisotopic (exact) mass is 417 g/mol. The normalized spacial score (nSPS) is 11.4. The number of pyridine rings is 1. The van der Waals surface area contributed by atoms with Gasteiger partial charge in [-0.05, 0) is 45.0 Å². The van der Waals surface area contributed by atoms with E-state index in [0.717, 1.165) is 5.69 Å². The molecule has 2 heterocycles. The highest BCUT2D eigenvalue weighted by molar-refractivity contribution is 7.87. The first-order chi connectivity index (χ1) is 13.6. The van der Waals surface area contributed by atoms with Crippen LogP contribution in [0, 0.1) is 13.8 Å². The number of aromatic nitrogens is 1. The van der Waals surface area contributed by atoms with Crippen LogP contribution in [0.4, 0.5) is 10.5 Å². The summed E-state index contributed by atoms with van der Waals surface area (Å²) >= 11 is 0. The maximum atomic E-state index is 13.1. The summed E-state index contributed by atoms with van der Waals surface area (Å²) in [7, 11) is -3.74. The topological polar surface area (TPSA) is 142 Å². The molecule has 2 amide bonds. The number of carbonyl (C=O) groups excluding carboxylic acids is 2. The first-order valence-electron chi connectivity index (χ1n) is 8.65. The number of rotatable bonds is 6. The first-order valence-corrected chi connectivity index (χ1v) is 10.2. The molecular formula is C19H19N3O6S. The van der Waals surface area contributed by atoms with Crippen LogP contribution in [-0.4, -0.2) is 31.0 Å². The van der Waals surface area contributed by atoms with Crippen LogP contribution >= 0.6 is 0 Å². The smallest absolute Gasteiger partial charge is 0.316 e. The summed E-state index contributed by atoms with van der Waals surface area (Å²) in [5, 5.41) is 2.77. The molecule has 2 aromatic heterocycles. The van der Waals surface area contributed by atoms with E-state index in [2.05, 4.69) is 10.3 Å². The zero-order valence-corrected chi connectivity index (χ0v) is 16.8. The molecule has 9 nitrogen and oxygen atoms in total. The Hall–Kier alpha value is -3.40. The maximum Gasteiger partial charge on any atom is 0.316 e. The molecule has 3 N–H and O–H groups in total. The second kappa shape index (κ2) is 7.55. The number of carbonyl (C=O) groups is 2. The number of aryl methyl sites for hydroxylation is 2. The number of primary amides is 1. The number of nitrogens with zero attached hydrogens (tertiary/aromatic N) is 1. The van der Waals surface area contributed by atoms with E-state index in [4.69, 9.17) is 14.3 Å². The van der Waals surface area contributed by atoms with Crippen molar-refractivity contribution in [1.82, 2.24) is 4.98 Å². The van der Waals surface area contributed by atoms with Gasteiger partial charge in [-0.25, -0.2) is 4.79 Å². The highest BCUT2D eigenvalue weighted by atomic mass is 32.2. The molecule has 0 spiro atoms. The molecule has 0 fully saturated rings. The Bertz CT molecular complexity index is 1230. The molecule has 10 heteroatoms. The number of furan rings is 1. The number of ketones is 1. The van der Waals surface area contributed by atoms with Gasteiger partial charge in [0.25, 0.3) is 0 Å². The predicted molar refractivity (Wildman–Crippen MR) is 107 cm³/mol. The van der Waals surface area contributed by atoms with Crippen LogP contribution in [0.25, 0.3) is 11.0 Å². The lowest BCUT2D eigenvalue weighted by atomic mass is 10.1. The summed E-state index contributed by atoms with van der Waals surface area (Å²) in [6, 6.07) is 6.61. The van der Waals surface area contributed by atoms with E-state index in [9.17, 15) is 18.0 Å². The van der Waals surface area contributed by atoms with Gasteiger partial charge in [0.15, 0.2) is 5.76 Å². The number of benzene rings is 1. The van der Waals surface area contributed by atoms with Crippen molar-refractivity contribution in [2.45, 2.75) is 20.8 Å². The largest absolute Gasteiger partial charge is 0.450 e. The number of amides is 2. The van der Waals surface area contributed by atoms with Gasteiger partial charge in [-0.3, -0.25) is 9.78 Å². The molecule has 0 saturated carbocycles. The Balaban J connectivity index is 2.14. The Morgan fingerprint density at radius 3 is 2.55 bits per heavy atom. The van der Waals surface area contributed by atoms with Gasteiger partial charge in [0, 0.05) is 28.4 Å². The van der Waals surface area contributed by atoms with Crippen LogP contribution in [0.1, 0.15) is 34.4 Å². The van der Waals surface area contributed by atoms with Crippen molar-refractivity contribution >= 4 is 38.6 Å². The van der Waals surface area contributed by atoms with E-state index in [1.54, 1.807) is 26.0 Å². The van der Waals surface area contributed by atoms with Gasteiger partial charge < -0.3 is 19.7 Å². The quantitative estimate of drug-likeness (QED) is 0.464. The van der Waals surface area contributed by atoms with Crippen molar-refractivity contribution in [2.24, 2.45) is 5.73 Å². The summed E-state index contributed by atoms with van der Waals surface area (Å²) in [4.78, 5) is 28.8. The van der Waals surface area contributed by atoms with Crippen molar-refractivity contribution < 1.29 is 26.6 Å². The summed E-state index contributed by atoms with van der Waals surface area (Å²) in [5.41, 5.74) is 7.03. The highest BCUT2D eigenvalue weighted by Gasteiger charge is 2.25. The minimum Gasteiger partial charge on any atom is -0.450 e. The molecular weight excluding hydrogens is 398 g/mol. The van der Waals surface area contributed by atoms with E-state index in [0.29, 0.717) is 16.6 Å². The molecule has 152 valence electrons. The van der Waals surface area contributed by atoms with Crippen LogP contribution in [0.2, 0.25) is 0 Å². The lowest BCUT2D eigenvalue weighted by molar-refractivity contribution is 0.101. The number of fused-ring (bicyclic) bond motifs is 1. The van der Waals surface area contributed by atoms with E-state index < -0.39 is 21.9 Å². The predicted octanol–water partition coefficient (Wildman–Crippen LogP) is 2.89. The highest BCUT2D eigenvalue weighted by Crippen LogP contribution is 2.35. The number of hydrogen-bond donors (Lipinski definition) is 2. The van der Waals surface area contributed by atoms with Gasteiger partial charge in [-0.2, -0.15) is 8.42 Å². The summed E-state index contributed by atoms with van der Waals surface area (Å²) in [5.74, 6) is -0.839. The van der Waals surface area contributed by atoms with Gasteiger partial charge in [-0.1, -0.05) is 0 Å². The fourth-order valence-corrected chi connectivity index (χ4v) is 3.31.